The first-order chi connectivity index (χ1) is 9.40. The molecule has 4 heteroatoms. The normalized spacial score (nSPS) is 25.8. The predicted octanol–water partition coefficient (Wildman–Crippen LogP) is 1.87. The maximum atomic E-state index is 5.80. The zero-order valence-corrected chi connectivity index (χ0v) is 11.2. The van der Waals surface area contributed by atoms with Crippen LogP contribution in [0.25, 0.3) is 0 Å². The number of hydrogen-bond acceptors (Lipinski definition) is 4. The fourth-order valence-corrected chi connectivity index (χ4v) is 2.98. The van der Waals surface area contributed by atoms with Gasteiger partial charge in [0.15, 0.2) is 0 Å². The molecule has 0 spiro atoms. The fourth-order valence-electron chi connectivity index (χ4n) is 2.98. The summed E-state index contributed by atoms with van der Waals surface area (Å²) in [6.45, 7) is 1.93. The molecule has 1 aliphatic heterocycles. The van der Waals surface area contributed by atoms with Crippen LogP contribution in [0.2, 0.25) is 0 Å². The summed E-state index contributed by atoms with van der Waals surface area (Å²) in [5.41, 5.74) is 5.62. The van der Waals surface area contributed by atoms with Crippen molar-refractivity contribution in [1.82, 2.24) is 5.43 Å². The van der Waals surface area contributed by atoms with Gasteiger partial charge in [-0.25, -0.2) is 0 Å². The summed E-state index contributed by atoms with van der Waals surface area (Å²) in [5, 5.41) is 0. The summed E-state index contributed by atoms with van der Waals surface area (Å²) in [6, 6.07) is 8.59. The van der Waals surface area contributed by atoms with E-state index >= 15 is 0 Å². The molecule has 2 atom stereocenters. The average molecular weight is 262 g/mol. The van der Waals surface area contributed by atoms with Crippen molar-refractivity contribution in [1.29, 1.82) is 0 Å². The molecule has 1 aromatic rings. The highest BCUT2D eigenvalue weighted by Gasteiger charge is 2.30. The van der Waals surface area contributed by atoms with E-state index in [-0.39, 0.29) is 12.1 Å². The van der Waals surface area contributed by atoms with Gasteiger partial charge in [-0.05, 0) is 29.9 Å². The molecule has 104 valence electrons. The van der Waals surface area contributed by atoms with Crippen molar-refractivity contribution < 1.29 is 9.47 Å². The Morgan fingerprint density at radius 3 is 2.68 bits per heavy atom. The van der Waals surface area contributed by atoms with Crippen molar-refractivity contribution in [2.24, 2.45) is 5.84 Å². The standard InChI is InChI=1S/C15H22N2O2/c16-17-15(14-10-18-8-9-19-14)13-7-2-1-6-12(13)11-4-3-5-11/h1-2,6-7,11,14-15,17H,3-5,8-10,16H2. The number of nitrogens with one attached hydrogen (secondary N) is 1. The highest BCUT2D eigenvalue weighted by molar-refractivity contribution is 5.35. The molecule has 1 aliphatic carbocycles. The first kappa shape index (κ1) is 13.1. The second-order valence-corrected chi connectivity index (χ2v) is 5.39. The molecule has 19 heavy (non-hydrogen) atoms. The quantitative estimate of drug-likeness (QED) is 0.642. The maximum Gasteiger partial charge on any atom is 0.102 e. The van der Waals surface area contributed by atoms with Gasteiger partial charge in [-0.15, -0.1) is 0 Å². The molecule has 2 fully saturated rings. The minimum absolute atomic E-state index is 0.0000217. The molecular formula is C15H22N2O2. The van der Waals surface area contributed by atoms with Gasteiger partial charge in [-0.1, -0.05) is 30.7 Å². The molecule has 3 rings (SSSR count). The van der Waals surface area contributed by atoms with Crippen LogP contribution >= 0.6 is 0 Å². The van der Waals surface area contributed by atoms with Crippen LogP contribution in [-0.2, 0) is 9.47 Å². The number of nitrogens with two attached hydrogens (primary N) is 1. The fraction of sp³-hybridized carbons (Fsp3) is 0.600. The van der Waals surface area contributed by atoms with E-state index < -0.39 is 0 Å². The molecule has 1 saturated carbocycles. The van der Waals surface area contributed by atoms with Crippen molar-refractivity contribution in [3.63, 3.8) is 0 Å². The highest BCUT2D eigenvalue weighted by Crippen LogP contribution is 2.40. The summed E-state index contributed by atoms with van der Waals surface area (Å²) >= 11 is 0. The first-order valence-electron chi connectivity index (χ1n) is 7.14. The Morgan fingerprint density at radius 1 is 1.21 bits per heavy atom. The zero-order valence-electron chi connectivity index (χ0n) is 11.2. The second-order valence-electron chi connectivity index (χ2n) is 5.39. The molecular weight excluding hydrogens is 240 g/mol. The SMILES string of the molecule is NNC(c1ccccc1C1CCC1)C1COCCO1. The molecule has 0 aromatic heterocycles. The Kier molecular flexibility index (Phi) is 4.13. The lowest BCUT2D eigenvalue weighted by Crippen LogP contribution is -2.43. The van der Waals surface area contributed by atoms with Gasteiger partial charge in [0.2, 0.25) is 0 Å². The van der Waals surface area contributed by atoms with Crippen LogP contribution in [0.1, 0.15) is 42.3 Å². The molecule has 0 amide bonds. The smallest absolute Gasteiger partial charge is 0.102 e. The molecule has 1 aromatic carbocycles. The lowest BCUT2D eigenvalue weighted by molar-refractivity contribution is -0.102. The Hall–Kier alpha value is -0.940. The lowest BCUT2D eigenvalue weighted by atomic mass is 9.76. The number of benzene rings is 1. The van der Waals surface area contributed by atoms with Crippen LogP contribution in [0, 0.1) is 0 Å². The highest BCUT2D eigenvalue weighted by atomic mass is 16.6. The Bertz CT molecular complexity index is 414. The monoisotopic (exact) mass is 262 g/mol. The number of hydrazine groups is 1. The van der Waals surface area contributed by atoms with Crippen LogP contribution in [0.4, 0.5) is 0 Å². The van der Waals surface area contributed by atoms with Gasteiger partial charge in [0, 0.05) is 0 Å². The minimum Gasteiger partial charge on any atom is -0.376 e. The van der Waals surface area contributed by atoms with E-state index in [2.05, 4.69) is 29.7 Å². The molecule has 2 unspecified atom stereocenters. The van der Waals surface area contributed by atoms with Gasteiger partial charge in [-0.3, -0.25) is 11.3 Å². The van der Waals surface area contributed by atoms with Gasteiger partial charge >= 0.3 is 0 Å². The first-order valence-corrected chi connectivity index (χ1v) is 7.14. The van der Waals surface area contributed by atoms with Gasteiger partial charge in [-0.2, -0.15) is 0 Å². The number of hydrogen-bond donors (Lipinski definition) is 2. The maximum absolute atomic E-state index is 5.80. The van der Waals surface area contributed by atoms with Crippen molar-refractivity contribution in [3.8, 4) is 0 Å². The third kappa shape index (κ3) is 2.67. The average Bonchev–Trinajstić information content (AvgIpc) is 2.41. The van der Waals surface area contributed by atoms with E-state index in [9.17, 15) is 0 Å². The Labute approximate surface area is 114 Å². The molecule has 2 aliphatic rings. The van der Waals surface area contributed by atoms with Crippen molar-refractivity contribution >= 4 is 0 Å². The van der Waals surface area contributed by atoms with E-state index in [1.54, 1.807) is 0 Å². The molecule has 0 bridgehead atoms. The zero-order chi connectivity index (χ0) is 13.1. The topological polar surface area (TPSA) is 56.5 Å². The van der Waals surface area contributed by atoms with Crippen molar-refractivity contribution in [2.75, 3.05) is 19.8 Å². The van der Waals surface area contributed by atoms with E-state index in [0.717, 1.165) is 0 Å². The van der Waals surface area contributed by atoms with Crippen molar-refractivity contribution in [3.05, 3.63) is 35.4 Å². The summed E-state index contributed by atoms with van der Waals surface area (Å²) in [7, 11) is 0. The summed E-state index contributed by atoms with van der Waals surface area (Å²) in [5.74, 6) is 6.47. The van der Waals surface area contributed by atoms with E-state index in [0.29, 0.717) is 25.7 Å². The molecule has 1 saturated heterocycles. The number of ether oxygens (including phenoxy) is 2. The third-order valence-corrected chi connectivity index (χ3v) is 4.27. The Morgan fingerprint density at radius 2 is 2.05 bits per heavy atom. The van der Waals surface area contributed by atoms with Gasteiger partial charge in [0.05, 0.1) is 25.9 Å². The van der Waals surface area contributed by atoms with E-state index in [1.165, 1.54) is 30.4 Å². The van der Waals surface area contributed by atoms with E-state index in [4.69, 9.17) is 15.3 Å². The van der Waals surface area contributed by atoms with Crippen molar-refractivity contribution in [2.45, 2.75) is 37.3 Å². The summed E-state index contributed by atoms with van der Waals surface area (Å²) in [4.78, 5) is 0. The van der Waals surface area contributed by atoms with Gasteiger partial charge < -0.3 is 9.47 Å². The minimum atomic E-state index is -0.0000217. The second kappa shape index (κ2) is 6.01. The third-order valence-electron chi connectivity index (χ3n) is 4.27. The molecule has 1 heterocycles. The predicted molar refractivity (Wildman–Crippen MR) is 73.7 cm³/mol. The lowest BCUT2D eigenvalue weighted by Gasteiger charge is -2.34. The molecule has 4 nitrogen and oxygen atoms in total. The van der Waals surface area contributed by atoms with Crippen LogP contribution in [0.3, 0.4) is 0 Å². The molecule has 0 radical (unpaired) electrons. The number of rotatable bonds is 4. The van der Waals surface area contributed by atoms with Crippen LogP contribution < -0.4 is 11.3 Å². The van der Waals surface area contributed by atoms with Crippen LogP contribution in [0.5, 0.6) is 0 Å². The van der Waals surface area contributed by atoms with E-state index in [1.807, 2.05) is 0 Å². The van der Waals surface area contributed by atoms with Crippen LogP contribution in [0.15, 0.2) is 24.3 Å². The van der Waals surface area contributed by atoms with Gasteiger partial charge in [0.1, 0.15) is 6.10 Å². The summed E-state index contributed by atoms with van der Waals surface area (Å²) in [6.07, 6.45) is 3.91. The molecule has 3 N–H and O–H groups in total. The Balaban J connectivity index is 1.85. The van der Waals surface area contributed by atoms with Crippen LogP contribution in [-0.4, -0.2) is 25.9 Å². The van der Waals surface area contributed by atoms with Gasteiger partial charge in [0.25, 0.3) is 0 Å². The largest absolute Gasteiger partial charge is 0.376 e. The summed E-state index contributed by atoms with van der Waals surface area (Å²) < 4.78 is 11.3.